The highest BCUT2D eigenvalue weighted by molar-refractivity contribution is 7.85. The van der Waals surface area contributed by atoms with Crippen LogP contribution in [0.5, 0.6) is 5.88 Å². The zero-order chi connectivity index (χ0) is 31.8. The summed E-state index contributed by atoms with van der Waals surface area (Å²) >= 11 is 0. The van der Waals surface area contributed by atoms with Gasteiger partial charge >= 0.3 is 12.1 Å². The van der Waals surface area contributed by atoms with Crippen LogP contribution in [0.1, 0.15) is 36.8 Å². The molecule has 0 radical (unpaired) electrons. The molecule has 2 aromatic carbocycles. The maximum Gasteiger partial charge on any atom is 0.405 e. The number of carboxylic acids is 1. The Bertz CT molecular complexity index is 1600. The summed E-state index contributed by atoms with van der Waals surface area (Å²) in [5, 5.41) is 21.5. The van der Waals surface area contributed by atoms with E-state index in [4.69, 9.17) is 20.4 Å². The van der Waals surface area contributed by atoms with Crippen molar-refractivity contribution < 1.29 is 50.4 Å². The average molecular weight is 612 g/mol. The second-order valence-electron chi connectivity index (χ2n) is 8.29. The molecule has 17 heteroatoms. The van der Waals surface area contributed by atoms with Crippen molar-refractivity contribution in [2.75, 3.05) is 25.2 Å². The number of methoxy groups -OCH3 is 1. The van der Waals surface area contributed by atoms with E-state index in [2.05, 4.69) is 10.3 Å². The number of carbonyl (C=O) groups is 3. The molecular formula is C25H24F3N5O8S. The lowest BCUT2D eigenvalue weighted by Gasteiger charge is -2.14. The highest BCUT2D eigenvalue weighted by Gasteiger charge is 2.28. The molecule has 3 rings (SSSR count). The Kier molecular flexibility index (Phi) is 10.7. The molecule has 2 amide bonds. The molecule has 0 bridgehead atoms. The van der Waals surface area contributed by atoms with E-state index in [-0.39, 0.29) is 34.1 Å². The molecule has 3 aromatic rings. The predicted octanol–water partition coefficient (Wildman–Crippen LogP) is 2.79. The van der Waals surface area contributed by atoms with Crippen LogP contribution >= 0.6 is 0 Å². The number of pyridine rings is 1. The standard InChI is InChI=1S/C24H20F3N5O5.CH4O3S/c1-37-18-9-8-16(19(32-18)22(34)31-14-5-2-12(3-6-14)20(28)29)15-7-4-13(10-17(15)23(35)36)21(33)30-11-24(25,26)27;1-5(2,3)4/h2-10H,11H2,1H3,(H3,28,29)(H,30,33)(H,31,34)(H,35,36);1H3,(H,2,3,4). The van der Waals surface area contributed by atoms with Crippen molar-refractivity contribution in [1.82, 2.24) is 10.3 Å². The second-order valence-corrected chi connectivity index (χ2v) is 9.76. The Morgan fingerprint density at radius 1 is 1.00 bits per heavy atom. The molecule has 0 spiro atoms. The van der Waals surface area contributed by atoms with Gasteiger partial charge in [0.25, 0.3) is 21.9 Å². The fourth-order valence-electron chi connectivity index (χ4n) is 3.25. The summed E-state index contributed by atoms with van der Waals surface area (Å²) in [5.74, 6) is -3.44. The van der Waals surface area contributed by atoms with Crippen LogP contribution in [0.15, 0.2) is 54.6 Å². The van der Waals surface area contributed by atoms with Crippen molar-refractivity contribution in [2.45, 2.75) is 6.18 Å². The molecule has 0 unspecified atom stereocenters. The Hall–Kier alpha value is -5.03. The topological polar surface area (TPSA) is 222 Å². The lowest BCUT2D eigenvalue weighted by molar-refractivity contribution is -0.123. The maximum absolute atomic E-state index is 13.1. The van der Waals surface area contributed by atoms with Gasteiger partial charge in [-0.2, -0.15) is 21.6 Å². The first-order valence-corrected chi connectivity index (χ1v) is 13.2. The first kappa shape index (κ1) is 33.2. The Morgan fingerprint density at radius 3 is 2.05 bits per heavy atom. The van der Waals surface area contributed by atoms with E-state index >= 15 is 0 Å². The normalized spacial score (nSPS) is 11.0. The van der Waals surface area contributed by atoms with Gasteiger partial charge in [0, 0.05) is 28.4 Å². The number of nitrogens with zero attached hydrogens (tertiary/aromatic N) is 1. The quantitative estimate of drug-likeness (QED) is 0.124. The van der Waals surface area contributed by atoms with Crippen molar-refractivity contribution >= 4 is 39.4 Å². The number of amidine groups is 1. The van der Waals surface area contributed by atoms with Crippen LogP contribution in [0.25, 0.3) is 11.1 Å². The number of nitrogens with one attached hydrogen (secondary N) is 3. The van der Waals surface area contributed by atoms with E-state index in [9.17, 15) is 41.1 Å². The van der Waals surface area contributed by atoms with Gasteiger partial charge in [-0.3, -0.25) is 19.6 Å². The smallest absolute Gasteiger partial charge is 0.405 e. The average Bonchev–Trinajstić information content (AvgIpc) is 2.90. The monoisotopic (exact) mass is 611 g/mol. The lowest BCUT2D eigenvalue weighted by Crippen LogP contribution is -2.33. The molecule has 0 aliphatic heterocycles. The van der Waals surface area contributed by atoms with Gasteiger partial charge in [-0.25, -0.2) is 9.78 Å². The van der Waals surface area contributed by atoms with Crippen LogP contribution < -0.4 is 21.1 Å². The van der Waals surface area contributed by atoms with Crippen LogP contribution in [0, 0.1) is 5.41 Å². The summed E-state index contributed by atoms with van der Waals surface area (Å²) in [6.45, 7) is -1.59. The van der Waals surface area contributed by atoms with Crippen LogP contribution in [0.3, 0.4) is 0 Å². The molecule has 0 saturated heterocycles. The molecule has 1 heterocycles. The van der Waals surface area contributed by atoms with E-state index in [1.165, 1.54) is 49.6 Å². The molecule has 0 aliphatic carbocycles. The van der Waals surface area contributed by atoms with Gasteiger partial charge in [-0.15, -0.1) is 0 Å². The number of halogens is 3. The van der Waals surface area contributed by atoms with E-state index in [0.717, 1.165) is 12.1 Å². The number of carbonyl (C=O) groups excluding carboxylic acids is 2. The van der Waals surface area contributed by atoms with Crippen LogP contribution in [-0.4, -0.2) is 72.8 Å². The van der Waals surface area contributed by atoms with E-state index < -0.39 is 46.2 Å². The molecule has 0 atom stereocenters. The number of nitrogen functional groups attached to an aromatic ring is 1. The number of nitrogens with two attached hydrogens (primary N) is 1. The van der Waals surface area contributed by atoms with Gasteiger partial charge in [0.05, 0.1) is 18.9 Å². The highest BCUT2D eigenvalue weighted by atomic mass is 32.2. The number of carboxylic acid groups (broad SMARTS) is 1. The Labute approximate surface area is 236 Å². The van der Waals surface area contributed by atoms with Gasteiger partial charge in [-0.1, -0.05) is 6.07 Å². The molecule has 7 N–H and O–H groups in total. The first-order chi connectivity index (χ1) is 19.4. The van der Waals surface area contributed by atoms with Crippen molar-refractivity contribution in [3.63, 3.8) is 0 Å². The van der Waals surface area contributed by atoms with Crippen molar-refractivity contribution in [3.05, 3.63) is 77.0 Å². The largest absolute Gasteiger partial charge is 0.481 e. The zero-order valence-corrected chi connectivity index (χ0v) is 22.6. The molecule has 0 fully saturated rings. The first-order valence-electron chi connectivity index (χ1n) is 11.4. The third-order valence-electron chi connectivity index (χ3n) is 5.00. The Morgan fingerprint density at radius 2 is 1.55 bits per heavy atom. The molecule has 0 aliphatic rings. The molecular weight excluding hydrogens is 587 g/mol. The number of anilines is 1. The van der Waals surface area contributed by atoms with Crippen molar-refractivity contribution in [1.29, 1.82) is 5.41 Å². The van der Waals surface area contributed by atoms with Crippen LogP contribution in [0.4, 0.5) is 18.9 Å². The van der Waals surface area contributed by atoms with E-state index in [0.29, 0.717) is 17.5 Å². The number of hydrogen-bond donors (Lipinski definition) is 6. The number of aromatic nitrogens is 1. The maximum atomic E-state index is 13.1. The SMILES string of the molecule is COc1ccc(-c2ccc(C(=O)NCC(F)(F)F)cc2C(=O)O)c(C(=O)Nc2ccc(C(=N)N)cc2)n1.CS(=O)(=O)O. The molecule has 224 valence electrons. The highest BCUT2D eigenvalue weighted by Crippen LogP contribution is 2.30. The number of rotatable bonds is 8. The summed E-state index contributed by atoms with van der Waals surface area (Å²) in [4.78, 5) is 41.4. The minimum Gasteiger partial charge on any atom is -0.481 e. The summed E-state index contributed by atoms with van der Waals surface area (Å²) in [6, 6.07) is 12.1. The zero-order valence-electron chi connectivity index (χ0n) is 21.8. The van der Waals surface area contributed by atoms with Crippen molar-refractivity contribution in [3.8, 4) is 17.0 Å². The number of alkyl halides is 3. The van der Waals surface area contributed by atoms with Gasteiger partial charge < -0.3 is 26.2 Å². The number of benzene rings is 2. The van der Waals surface area contributed by atoms with Gasteiger partial charge in [0.15, 0.2) is 0 Å². The van der Waals surface area contributed by atoms with Gasteiger partial charge in [0.1, 0.15) is 18.1 Å². The van der Waals surface area contributed by atoms with Gasteiger partial charge in [-0.05, 0) is 48.0 Å². The van der Waals surface area contributed by atoms with Crippen molar-refractivity contribution in [2.24, 2.45) is 5.73 Å². The van der Waals surface area contributed by atoms with E-state index in [1.54, 1.807) is 5.32 Å². The molecule has 42 heavy (non-hydrogen) atoms. The van der Waals surface area contributed by atoms with E-state index in [1.807, 2.05) is 0 Å². The van der Waals surface area contributed by atoms with Gasteiger partial charge in [0.2, 0.25) is 5.88 Å². The van der Waals surface area contributed by atoms with Crippen LogP contribution in [0.2, 0.25) is 0 Å². The summed E-state index contributed by atoms with van der Waals surface area (Å²) in [5.41, 5.74) is 5.28. The number of hydrogen-bond acceptors (Lipinski definition) is 8. The minimum atomic E-state index is -4.64. The molecule has 1 aromatic heterocycles. The number of ether oxygens (including phenoxy) is 1. The molecule has 0 saturated carbocycles. The second kappa shape index (κ2) is 13.6. The Balaban J connectivity index is 0.00000113. The number of amides is 2. The summed E-state index contributed by atoms with van der Waals surface area (Å²) < 4.78 is 68.3. The summed E-state index contributed by atoms with van der Waals surface area (Å²) in [7, 11) is -2.35. The minimum absolute atomic E-state index is 0.00731. The number of aromatic carboxylic acids is 1. The fraction of sp³-hybridized carbons (Fsp3) is 0.160. The lowest BCUT2D eigenvalue weighted by atomic mass is 9.95. The predicted molar refractivity (Wildman–Crippen MR) is 144 cm³/mol. The summed E-state index contributed by atoms with van der Waals surface area (Å²) in [6.07, 6.45) is -3.93. The fourth-order valence-corrected chi connectivity index (χ4v) is 3.25. The third-order valence-corrected chi connectivity index (χ3v) is 5.00. The van der Waals surface area contributed by atoms with Crippen LogP contribution in [-0.2, 0) is 10.1 Å². The third kappa shape index (κ3) is 10.2. The molecule has 13 nitrogen and oxygen atoms in total.